The number of fused-ring (bicyclic) bond motifs is 1. The molecule has 2 rings (SSSR count). The number of likely N-dealkylation sites (N-methyl/N-ethyl adjacent to an activating group) is 1. The van der Waals surface area contributed by atoms with E-state index in [0.717, 1.165) is 6.54 Å². The lowest BCUT2D eigenvalue weighted by atomic mass is 10.0. The van der Waals surface area contributed by atoms with E-state index >= 15 is 0 Å². The Morgan fingerprint density at radius 1 is 1.41 bits per heavy atom. The van der Waals surface area contributed by atoms with E-state index in [4.69, 9.17) is 9.47 Å². The van der Waals surface area contributed by atoms with Crippen LogP contribution < -0.4 is 15.4 Å². The summed E-state index contributed by atoms with van der Waals surface area (Å²) in [4.78, 5) is 26.4. The molecule has 0 fully saturated rings. The molecule has 1 aromatic rings. The number of ether oxygens (including phenoxy) is 2. The van der Waals surface area contributed by atoms with Gasteiger partial charge in [0.15, 0.2) is 0 Å². The predicted octanol–water partition coefficient (Wildman–Crippen LogP) is 2.13. The molecule has 0 aliphatic carbocycles. The number of carbonyl (C=O) groups is 2. The lowest BCUT2D eigenvalue weighted by Gasteiger charge is -2.30. The minimum Gasteiger partial charge on any atom is -0.491 e. The highest BCUT2D eigenvalue weighted by Gasteiger charge is 2.25. The minimum atomic E-state index is -0.159. The average molecular weight is 377 g/mol. The zero-order chi connectivity index (χ0) is 20.0. The third kappa shape index (κ3) is 5.68. The van der Waals surface area contributed by atoms with Crippen LogP contribution in [0.1, 0.15) is 37.6 Å². The Labute approximate surface area is 161 Å². The van der Waals surface area contributed by atoms with Crippen LogP contribution in [0, 0.1) is 5.92 Å². The molecule has 0 unspecified atom stereocenters. The normalized spacial score (nSPS) is 24.3. The smallest absolute Gasteiger partial charge is 0.257 e. The predicted molar refractivity (Wildman–Crippen MR) is 105 cm³/mol. The molecule has 0 radical (unpaired) electrons. The number of hydrogen-bond donors (Lipinski definition) is 2. The van der Waals surface area contributed by atoms with Crippen LogP contribution in [0.25, 0.3) is 0 Å². The molecule has 2 amide bonds. The summed E-state index contributed by atoms with van der Waals surface area (Å²) in [6.45, 7) is 7.62. The fourth-order valence-corrected chi connectivity index (χ4v) is 2.99. The Morgan fingerprint density at radius 2 is 2.15 bits per heavy atom. The number of nitrogens with zero attached hydrogens (tertiary/aromatic N) is 1. The van der Waals surface area contributed by atoms with E-state index in [2.05, 4.69) is 17.6 Å². The summed E-state index contributed by atoms with van der Waals surface area (Å²) in [5.41, 5.74) is 1.02. The lowest BCUT2D eigenvalue weighted by molar-refractivity contribution is -0.115. The van der Waals surface area contributed by atoms with Crippen LogP contribution in [0.15, 0.2) is 18.2 Å². The highest BCUT2D eigenvalue weighted by atomic mass is 16.5. The van der Waals surface area contributed by atoms with Crippen LogP contribution >= 0.6 is 0 Å². The van der Waals surface area contributed by atoms with E-state index in [1.54, 1.807) is 44.2 Å². The second kappa shape index (κ2) is 9.71. The van der Waals surface area contributed by atoms with Crippen LogP contribution in [0.4, 0.5) is 5.69 Å². The number of hydrogen-bond acceptors (Lipinski definition) is 5. The number of rotatable bonds is 3. The molecule has 7 heteroatoms. The van der Waals surface area contributed by atoms with Crippen molar-refractivity contribution in [2.24, 2.45) is 5.92 Å². The van der Waals surface area contributed by atoms with Crippen LogP contribution in [0.2, 0.25) is 0 Å². The van der Waals surface area contributed by atoms with Gasteiger partial charge in [-0.05, 0) is 31.0 Å². The van der Waals surface area contributed by atoms with Crippen molar-refractivity contribution in [1.82, 2.24) is 10.2 Å². The molecule has 1 heterocycles. The van der Waals surface area contributed by atoms with Crippen LogP contribution in [0.3, 0.4) is 0 Å². The largest absolute Gasteiger partial charge is 0.491 e. The van der Waals surface area contributed by atoms with Crippen molar-refractivity contribution >= 4 is 17.5 Å². The first kappa shape index (κ1) is 21.2. The van der Waals surface area contributed by atoms with E-state index in [1.807, 2.05) is 6.92 Å². The van der Waals surface area contributed by atoms with Gasteiger partial charge in [0.2, 0.25) is 5.91 Å². The highest BCUT2D eigenvalue weighted by molar-refractivity contribution is 5.99. The summed E-state index contributed by atoms with van der Waals surface area (Å²) in [5, 5.41) is 6.25. The van der Waals surface area contributed by atoms with Crippen molar-refractivity contribution in [3.8, 4) is 5.75 Å². The van der Waals surface area contributed by atoms with Crippen LogP contribution in [0.5, 0.6) is 5.75 Å². The highest BCUT2D eigenvalue weighted by Crippen LogP contribution is 2.25. The van der Waals surface area contributed by atoms with E-state index < -0.39 is 0 Å². The summed E-state index contributed by atoms with van der Waals surface area (Å²) in [6, 6.07) is 5.30. The second-order valence-electron chi connectivity index (χ2n) is 7.17. The van der Waals surface area contributed by atoms with Crippen molar-refractivity contribution < 1.29 is 19.1 Å². The van der Waals surface area contributed by atoms with E-state index in [1.165, 1.54) is 0 Å². The standard InChI is InChI=1S/C20H31N3O4/c1-6-19(24)22-15-7-8-17-16(9-15)20(25)23(4)11-18(26-5)13(2)10-21-14(3)12-27-17/h7-9,13-14,18,21H,6,10-12H2,1-5H3,(H,22,24)/t13-,14+,18+/m0/s1. The Balaban J connectivity index is 2.35. The third-order valence-corrected chi connectivity index (χ3v) is 4.83. The molecule has 27 heavy (non-hydrogen) atoms. The van der Waals surface area contributed by atoms with Crippen LogP contribution in [-0.2, 0) is 9.53 Å². The Kier molecular flexibility index (Phi) is 7.62. The Morgan fingerprint density at radius 3 is 2.81 bits per heavy atom. The van der Waals surface area contributed by atoms with Crippen molar-refractivity contribution in [2.75, 3.05) is 39.2 Å². The van der Waals surface area contributed by atoms with Crippen molar-refractivity contribution in [2.45, 2.75) is 39.3 Å². The molecule has 1 aliphatic heterocycles. The van der Waals surface area contributed by atoms with Gasteiger partial charge < -0.3 is 25.0 Å². The molecule has 1 aromatic carbocycles. The number of carbonyl (C=O) groups excluding carboxylic acids is 2. The number of amides is 2. The minimum absolute atomic E-state index is 0.0783. The Hall–Kier alpha value is -2.12. The average Bonchev–Trinajstić information content (AvgIpc) is 2.67. The van der Waals surface area contributed by atoms with Crippen molar-refractivity contribution in [3.05, 3.63) is 23.8 Å². The number of anilines is 1. The summed E-state index contributed by atoms with van der Waals surface area (Å²) in [6.07, 6.45) is 0.295. The molecule has 0 bridgehead atoms. The van der Waals surface area contributed by atoms with Gasteiger partial charge in [0.25, 0.3) is 5.91 Å². The first-order valence-corrected chi connectivity index (χ1v) is 9.44. The summed E-state index contributed by atoms with van der Waals surface area (Å²) < 4.78 is 11.5. The maximum absolute atomic E-state index is 13.1. The van der Waals surface area contributed by atoms with Gasteiger partial charge in [0.1, 0.15) is 12.4 Å². The van der Waals surface area contributed by atoms with Gasteiger partial charge in [0, 0.05) is 45.4 Å². The second-order valence-corrected chi connectivity index (χ2v) is 7.17. The van der Waals surface area contributed by atoms with Gasteiger partial charge >= 0.3 is 0 Å². The Bertz CT molecular complexity index is 665. The lowest BCUT2D eigenvalue weighted by Crippen LogP contribution is -2.44. The van der Waals surface area contributed by atoms with Gasteiger partial charge in [-0.3, -0.25) is 9.59 Å². The molecule has 0 saturated heterocycles. The number of nitrogens with one attached hydrogen (secondary N) is 2. The summed E-state index contributed by atoms with van der Waals surface area (Å²) >= 11 is 0. The number of benzene rings is 1. The summed E-state index contributed by atoms with van der Waals surface area (Å²) in [7, 11) is 3.42. The fraction of sp³-hybridized carbons (Fsp3) is 0.600. The molecular formula is C20H31N3O4. The van der Waals surface area contributed by atoms with Gasteiger partial charge in [-0.1, -0.05) is 13.8 Å². The first-order valence-electron chi connectivity index (χ1n) is 9.44. The van der Waals surface area contributed by atoms with E-state index in [9.17, 15) is 9.59 Å². The van der Waals surface area contributed by atoms with E-state index in [-0.39, 0.29) is 29.9 Å². The SMILES string of the molecule is CCC(=O)Nc1ccc2c(c1)C(=O)N(C)C[C@@H](OC)[C@@H](C)CN[C@H](C)CO2. The molecule has 7 nitrogen and oxygen atoms in total. The topological polar surface area (TPSA) is 79.9 Å². The molecule has 2 N–H and O–H groups in total. The molecular weight excluding hydrogens is 346 g/mol. The van der Waals surface area contributed by atoms with Gasteiger partial charge in [-0.25, -0.2) is 0 Å². The monoisotopic (exact) mass is 377 g/mol. The third-order valence-electron chi connectivity index (χ3n) is 4.83. The molecule has 1 aliphatic rings. The van der Waals surface area contributed by atoms with Crippen molar-refractivity contribution in [3.63, 3.8) is 0 Å². The van der Waals surface area contributed by atoms with Crippen molar-refractivity contribution in [1.29, 1.82) is 0 Å². The molecule has 3 atom stereocenters. The maximum Gasteiger partial charge on any atom is 0.257 e. The fourth-order valence-electron chi connectivity index (χ4n) is 2.99. The molecule has 150 valence electrons. The molecule has 0 spiro atoms. The number of methoxy groups -OCH3 is 1. The zero-order valence-electron chi connectivity index (χ0n) is 16.9. The van der Waals surface area contributed by atoms with Gasteiger partial charge in [-0.2, -0.15) is 0 Å². The maximum atomic E-state index is 13.1. The van der Waals surface area contributed by atoms with Crippen LogP contribution in [-0.4, -0.2) is 62.7 Å². The van der Waals surface area contributed by atoms with Gasteiger partial charge in [-0.15, -0.1) is 0 Å². The first-order chi connectivity index (χ1) is 12.8. The summed E-state index contributed by atoms with van der Waals surface area (Å²) in [5.74, 6) is 0.489. The zero-order valence-corrected chi connectivity index (χ0v) is 16.9. The molecule has 0 saturated carbocycles. The molecule has 0 aromatic heterocycles. The van der Waals surface area contributed by atoms with E-state index in [0.29, 0.717) is 36.6 Å². The quantitative estimate of drug-likeness (QED) is 0.844. The van der Waals surface area contributed by atoms with Gasteiger partial charge in [0.05, 0.1) is 11.7 Å².